The first-order valence-corrected chi connectivity index (χ1v) is 12.0. The molecule has 1 N–H and O–H groups in total. The molecule has 5 rings (SSSR count). The highest BCUT2D eigenvalue weighted by Crippen LogP contribution is 2.34. The first-order chi connectivity index (χ1) is 15.0. The van der Waals surface area contributed by atoms with E-state index in [-0.39, 0.29) is 21.8 Å². The van der Waals surface area contributed by atoms with Gasteiger partial charge in [0.05, 0.1) is 5.69 Å². The van der Waals surface area contributed by atoms with E-state index in [0.717, 1.165) is 24.2 Å². The highest BCUT2D eigenvalue weighted by molar-refractivity contribution is 7.94. The first kappa shape index (κ1) is 19.8. The predicted molar refractivity (Wildman–Crippen MR) is 111 cm³/mol. The van der Waals surface area contributed by atoms with E-state index in [1.165, 1.54) is 6.07 Å². The number of likely N-dealkylation sites (tertiary alicyclic amines) is 1. The maximum atomic E-state index is 12.8. The molecule has 10 nitrogen and oxygen atoms in total. The third kappa shape index (κ3) is 3.95. The molecule has 31 heavy (non-hydrogen) atoms. The van der Waals surface area contributed by atoms with Crippen LogP contribution in [0, 0.1) is 0 Å². The second-order valence-corrected chi connectivity index (χ2v) is 9.86. The van der Waals surface area contributed by atoms with Crippen LogP contribution in [-0.4, -0.2) is 55.7 Å². The quantitative estimate of drug-likeness (QED) is 0.614. The number of hydrogen-bond acceptors (Lipinski definition) is 9. The molecule has 1 amide bonds. The van der Waals surface area contributed by atoms with Crippen LogP contribution in [-0.2, 0) is 10.0 Å². The normalized spacial score (nSPS) is 15.8. The minimum atomic E-state index is -3.84. The van der Waals surface area contributed by atoms with E-state index in [1.807, 2.05) is 0 Å². The van der Waals surface area contributed by atoms with Gasteiger partial charge in [-0.25, -0.2) is 8.42 Å². The van der Waals surface area contributed by atoms with Gasteiger partial charge in [0.1, 0.15) is 17.4 Å². The number of thiophene rings is 1. The molecular weight excluding hydrogens is 444 g/mol. The number of rotatable bonds is 5. The molecule has 0 saturated carbocycles. The number of ether oxygens (including phenoxy) is 2. The van der Waals surface area contributed by atoms with Gasteiger partial charge in [0, 0.05) is 30.1 Å². The zero-order valence-electron chi connectivity index (χ0n) is 16.2. The highest BCUT2D eigenvalue weighted by atomic mass is 32.2. The van der Waals surface area contributed by atoms with Gasteiger partial charge in [-0.3, -0.25) is 9.52 Å². The lowest BCUT2D eigenvalue weighted by Crippen LogP contribution is -2.27. The summed E-state index contributed by atoms with van der Waals surface area (Å²) in [6.07, 6.45) is 1.91. The monoisotopic (exact) mass is 462 g/mol. The van der Waals surface area contributed by atoms with E-state index in [2.05, 4.69) is 14.9 Å². The molecule has 2 aliphatic heterocycles. The summed E-state index contributed by atoms with van der Waals surface area (Å²) < 4.78 is 44.3. The molecule has 0 spiro atoms. The van der Waals surface area contributed by atoms with Crippen molar-refractivity contribution < 1.29 is 27.2 Å². The highest BCUT2D eigenvalue weighted by Gasteiger charge is 2.26. The van der Waals surface area contributed by atoms with Crippen molar-refractivity contribution in [2.45, 2.75) is 17.1 Å². The summed E-state index contributed by atoms with van der Waals surface area (Å²) in [6, 6.07) is 6.29. The van der Waals surface area contributed by atoms with E-state index in [1.54, 1.807) is 28.5 Å². The number of hydrogen-bond donors (Lipinski definition) is 1. The fraction of sp³-hybridized carbons (Fsp3) is 0.316. The molecule has 3 aromatic rings. The lowest BCUT2D eigenvalue weighted by Gasteiger charge is -2.19. The summed E-state index contributed by atoms with van der Waals surface area (Å²) in [4.78, 5) is 18.2. The van der Waals surface area contributed by atoms with Crippen LogP contribution >= 0.6 is 11.3 Å². The Hall–Kier alpha value is -3.12. The minimum absolute atomic E-state index is 0.0783. The molecular formula is C19H18N4O6S2. The van der Waals surface area contributed by atoms with Gasteiger partial charge in [-0.2, -0.15) is 4.98 Å². The van der Waals surface area contributed by atoms with Crippen molar-refractivity contribution in [2.75, 3.05) is 31.0 Å². The molecule has 2 aliphatic rings. The Bertz CT molecular complexity index is 1230. The van der Waals surface area contributed by atoms with Crippen LogP contribution in [0.5, 0.6) is 11.5 Å². The number of benzene rings is 1. The second-order valence-electron chi connectivity index (χ2n) is 7.04. The van der Waals surface area contributed by atoms with Gasteiger partial charge in [-0.05, 0) is 31.0 Å². The molecule has 0 bridgehead atoms. The molecule has 4 heterocycles. The van der Waals surface area contributed by atoms with Gasteiger partial charge in [0.15, 0.2) is 11.5 Å². The summed E-state index contributed by atoms with van der Waals surface area (Å²) in [5, 5.41) is 5.44. The van der Waals surface area contributed by atoms with Crippen LogP contribution in [0.3, 0.4) is 0 Å². The van der Waals surface area contributed by atoms with Gasteiger partial charge in [-0.15, -0.1) is 11.3 Å². The van der Waals surface area contributed by atoms with Gasteiger partial charge >= 0.3 is 11.8 Å². The first-order valence-electron chi connectivity index (χ1n) is 9.64. The van der Waals surface area contributed by atoms with Crippen LogP contribution in [0.4, 0.5) is 5.69 Å². The Labute approximate surface area is 181 Å². The fourth-order valence-corrected chi connectivity index (χ4v) is 5.58. The van der Waals surface area contributed by atoms with Gasteiger partial charge in [0.25, 0.3) is 10.0 Å². The Kier molecular flexibility index (Phi) is 5.02. The van der Waals surface area contributed by atoms with E-state index in [9.17, 15) is 13.2 Å². The Morgan fingerprint density at radius 2 is 1.87 bits per heavy atom. The molecule has 0 aliphatic carbocycles. The van der Waals surface area contributed by atoms with Crippen LogP contribution < -0.4 is 14.2 Å². The summed E-state index contributed by atoms with van der Waals surface area (Å²) in [5.41, 5.74) is 0.814. The van der Waals surface area contributed by atoms with E-state index < -0.39 is 10.0 Å². The van der Waals surface area contributed by atoms with Gasteiger partial charge in [0.2, 0.25) is 5.82 Å². The number of nitrogens with one attached hydrogen (secondary N) is 1. The average molecular weight is 463 g/mol. The van der Waals surface area contributed by atoms with Crippen molar-refractivity contribution in [3.05, 3.63) is 35.5 Å². The molecule has 0 unspecified atom stereocenters. The maximum absolute atomic E-state index is 12.8. The number of sulfonamides is 1. The van der Waals surface area contributed by atoms with Crippen molar-refractivity contribution in [3.63, 3.8) is 0 Å². The average Bonchev–Trinajstić information content (AvgIpc) is 3.54. The fourth-order valence-electron chi connectivity index (χ4n) is 3.37. The van der Waals surface area contributed by atoms with Gasteiger partial charge in [-0.1, -0.05) is 5.16 Å². The standard InChI is InChI=1S/C19H18N4O6S2/c24-19(23-5-1-2-6-23)18-20-17(21-29-18)12-9-16(30-11-12)31(25,26)22-13-3-4-14-15(10-13)28-8-7-27-14/h3-4,9-11,22H,1-2,5-8H2. The third-order valence-corrected chi connectivity index (χ3v) is 7.72. The SMILES string of the molecule is O=C(c1nc(-c2csc(S(=O)(=O)Nc3ccc4c(c3)OCCO4)c2)no1)N1CCCC1. The van der Waals surface area contributed by atoms with Crippen LogP contribution in [0.2, 0.25) is 0 Å². The zero-order valence-corrected chi connectivity index (χ0v) is 17.9. The number of nitrogens with zero attached hydrogens (tertiary/aromatic N) is 3. The lowest BCUT2D eigenvalue weighted by molar-refractivity contribution is 0.0743. The number of aromatic nitrogens is 2. The largest absolute Gasteiger partial charge is 0.486 e. The molecule has 162 valence electrons. The van der Waals surface area contributed by atoms with E-state index >= 15 is 0 Å². The topological polar surface area (TPSA) is 124 Å². The predicted octanol–water partition coefficient (Wildman–Crippen LogP) is 2.61. The van der Waals surface area contributed by atoms with Gasteiger partial charge < -0.3 is 18.9 Å². The molecule has 12 heteroatoms. The number of carbonyl (C=O) groups is 1. The maximum Gasteiger partial charge on any atom is 0.316 e. The molecule has 0 atom stereocenters. The summed E-state index contributed by atoms with van der Waals surface area (Å²) >= 11 is 1.02. The van der Waals surface area contributed by atoms with Crippen LogP contribution in [0.1, 0.15) is 23.5 Å². The number of amides is 1. The molecule has 1 fully saturated rings. The van der Waals surface area contributed by atoms with Crippen LogP contribution in [0.15, 0.2) is 38.4 Å². The van der Waals surface area contributed by atoms with Crippen molar-refractivity contribution in [2.24, 2.45) is 0 Å². The Morgan fingerprint density at radius 1 is 1.10 bits per heavy atom. The lowest BCUT2D eigenvalue weighted by atomic mass is 10.3. The van der Waals surface area contributed by atoms with Crippen molar-refractivity contribution in [3.8, 4) is 22.9 Å². The summed E-state index contributed by atoms with van der Waals surface area (Å²) in [7, 11) is -3.84. The molecule has 2 aromatic heterocycles. The Balaban J connectivity index is 1.33. The van der Waals surface area contributed by atoms with Crippen molar-refractivity contribution in [1.82, 2.24) is 15.0 Å². The zero-order chi connectivity index (χ0) is 21.4. The third-order valence-electron chi connectivity index (χ3n) is 4.90. The summed E-state index contributed by atoms with van der Waals surface area (Å²) in [6.45, 7) is 2.20. The smallest absolute Gasteiger partial charge is 0.316 e. The second kappa shape index (κ2) is 7.85. The molecule has 1 aromatic carbocycles. The summed E-state index contributed by atoms with van der Waals surface area (Å²) in [5.74, 6) is 0.824. The van der Waals surface area contributed by atoms with E-state index in [4.69, 9.17) is 14.0 Å². The minimum Gasteiger partial charge on any atom is -0.486 e. The van der Waals surface area contributed by atoms with E-state index in [0.29, 0.717) is 49.1 Å². The number of fused-ring (bicyclic) bond motifs is 1. The molecule has 1 saturated heterocycles. The molecule has 0 radical (unpaired) electrons. The number of anilines is 1. The van der Waals surface area contributed by atoms with Crippen molar-refractivity contribution >= 4 is 33.0 Å². The number of carbonyl (C=O) groups excluding carboxylic acids is 1. The van der Waals surface area contributed by atoms with Crippen molar-refractivity contribution in [1.29, 1.82) is 0 Å². The Morgan fingerprint density at radius 3 is 2.68 bits per heavy atom. The van der Waals surface area contributed by atoms with Crippen LogP contribution in [0.25, 0.3) is 11.4 Å².